The zero-order chi connectivity index (χ0) is 14.1. The normalized spacial score (nSPS) is 9.28. The molecule has 0 aliphatic heterocycles. The highest BCUT2D eigenvalue weighted by Gasteiger charge is 2.10. The lowest BCUT2D eigenvalue weighted by Crippen LogP contribution is -1.98. The van der Waals surface area contributed by atoms with Crippen LogP contribution in [-0.2, 0) is 4.79 Å². The van der Waals surface area contributed by atoms with E-state index in [1.165, 1.54) is 11.1 Å². The first kappa shape index (κ1) is 16.4. The first-order valence-electron chi connectivity index (χ1n) is 6.44. The molecule has 1 aromatic carbocycles. The summed E-state index contributed by atoms with van der Waals surface area (Å²) in [7, 11) is 0. The third kappa shape index (κ3) is 4.74. The van der Waals surface area contributed by atoms with Gasteiger partial charge in [-0.2, -0.15) is 0 Å². The topological polar surface area (TPSA) is 26.3 Å². The third-order valence-corrected chi connectivity index (χ3v) is 2.33. The molecule has 100 valence electrons. The fraction of sp³-hybridized carbons (Fsp3) is 0.438. The van der Waals surface area contributed by atoms with Crippen molar-refractivity contribution in [1.29, 1.82) is 0 Å². The Morgan fingerprint density at radius 1 is 1.22 bits per heavy atom. The van der Waals surface area contributed by atoms with E-state index in [4.69, 9.17) is 4.74 Å². The highest BCUT2D eigenvalue weighted by molar-refractivity contribution is 5.65. The van der Waals surface area contributed by atoms with Crippen LogP contribution in [0.4, 0.5) is 0 Å². The summed E-state index contributed by atoms with van der Waals surface area (Å²) >= 11 is 0. The Hall–Kier alpha value is -1.57. The molecule has 0 aliphatic rings. The quantitative estimate of drug-likeness (QED) is 0.716. The molecule has 1 aromatic rings. The molecule has 0 N–H and O–H groups in total. The number of carbonyl (C=O) groups is 1. The zero-order valence-corrected chi connectivity index (χ0v) is 12.3. The Bertz CT molecular complexity index is 400. The Morgan fingerprint density at radius 3 is 2.28 bits per heavy atom. The summed E-state index contributed by atoms with van der Waals surface area (Å²) in [5.41, 5.74) is 3.38. The van der Waals surface area contributed by atoms with E-state index in [1.54, 1.807) is 0 Å². The molecule has 2 heteroatoms. The van der Waals surface area contributed by atoms with Crippen LogP contribution in [0.3, 0.4) is 0 Å². The maximum atomic E-state index is 10.5. The highest BCUT2D eigenvalue weighted by atomic mass is 16.5. The molecule has 18 heavy (non-hydrogen) atoms. The van der Waals surface area contributed by atoms with Crippen LogP contribution in [0.1, 0.15) is 58.6 Å². The van der Waals surface area contributed by atoms with Crippen LogP contribution in [0.2, 0.25) is 0 Å². The molecular formula is C16H24O2. The molecule has 0 aliphatic carbocycles. The smallest absolute Gasteiger partial charge is 0.298 e. The van der Waals surface area contributed by atoms with Crippen molar-refractivity contribution in [2.75, 3.05) is 0 Å². The van der Waals surface area contributed by atoms with Crippen molar-refractivity contribution in [3.63, 3.8) is 0 Å². The second-order valence-electron chi connectivity index (χ2n) is 4.35. The number of carbonyl (C=O) groups excluding carboxylic acids is 1. The largest absolute Gasteiger partial charge is 0.428 e. The maximum Gasteiger partial charge on any atom is 0.298 e. The van der Waals surface area contributed by atoms with Gasteiger partial charge in [-0.15, -0.1) is 0 Å². The van der Waals surface area contributed by atoms with Gasteiger partial charge in [0.1, 0.15) is 5.75 Å². The van der Waals surface area contributed by atoms with Crippen LogP contribution >= 0.6 is 0 Å². The minimum absolute atomic E-state index is 0.404. The average molecular weight is 248 g/mol. The van der Waals surface area contributed by atoms with E-state index >= 15 is 0 Å². The van der Waals surface area contributed by atoms with E-state index in [9.17, 15) is 4.79 Å². The molecule has 0 saturated heterocycles. The second-order valence-corrected chi connectivity index (χ2v) is 4.35. The summed E-state index contributed by atoms with van der Waals surface area (Å²) in [6.07, 6.45) is 2.05. The SMILES string of the molecule is CC.CC(C)=Cc1c(OC=O)cccc1C(C)C. The first-order valence-corrected chi connectivity index (χ1v) is 6.44. The van der Waals surface area contributed by atoms with Crippen molar-refractivity contribution >= 4 is 12.5 Å². The van der Waals surface area contributed by atoms with E-state index in [1.807, 2.05) is 45.9 Å². The van der Waals surface area contributed by atoms with Gasteiger partial charge in [-0.25, -0.2) is 0 Å². The van der Waals surface area contributed by atoms with Gasteiger partial charge < -0.3 is 4.74 Å². The molecule has 0 unspecified atom stereocenters. The Balaban J connectivity index is 0.00000137. The third-order valence-electron chi connectivity index (χ3n) is 2.33. The van der Waals surface area contributed by atoms with E-state index in [0.29, 0.717) is 18.1 Å². The minimum atomic E-state index is 0.404. The summed E-state index contributed by atoms with van der Waals surface area (Å²) in [5.74, 6) is 1.03. The van der Waals surface area contributed by atoms with Crippen molar-refractivity contribution in [3.8, 4) is 5.75 Å². The van der Waals surface area contributed by atoms with Gasteiger partial charge in [-0.1, -0.05) is 51.5 Å². The van der Waals surface area contributed by atoms with Gasteiger partial charge in [0.15, 0.2) is 0 Å². The summed E-state index contributed by atoms with van der Waals surface area (Å²) in [6.45, 7) is 12.8. The van der Waals surface area contributed by atoms with Gasteiger partial charge in [0.25, 0.3) is 6.47 Å². The molecule has 0 atom stereocenters. The van der Waals surface area contributed by atoms with Crippen LogP contribution in [0.15, 0.2) is 23.8 Å². The standard InChI is InChI=1S/C14H18O2.C2H6/c1-10(2)8-13-12(11(3)4)6-5-7-14(13)16-9-15;1-2/h5-9,11H,1-4H3;1-2H3. The van der Waals surface area contributed by atoms with E-state index < -0.39 is 0 Å². The lowest BCUT2D eigenvalue weighted by molar-refractivity contribution is -0.120. The van der Waals surface area contributed by atoms with Crippen molar-refractivity contribution in [2.45, 2.75) is 47.5 Å². The van der Waals surface area contributed by atoms with Gasteiger partial charge in [0.05, 0.1) is 0 Å². The molecule has 0 fully saturated rings. The average Bonchev–Trinajstić information content (AvgIpc) is 2.33. The van der Waals surface area contributed by atoms with Crippen molar-refractivity contribution in [1.82, 2.24) is 0 Å². The monoisotopic (exact) mass is 248 g/mol. The first-order chi connectivity index (χ1) is 8.56. The van der Waals surface area contributed by atoms with Gasteiger partial charge in [-0.3, -0.25) is 4.79 Å². The number of hydrogen-bond acceptors (Lipinski definition) is 2. The van der Waals surface area contributed by atoms with Crippen LogP contribution in [-0.4, -0.2) is 6.47 Å². The van der Waals surface area contributed by atoms with Crippen molar-refractivity contribution in [2.24, 2.45) is 0 Å². The van der Waals surface area contributed by atoms with Crippen molar-refractivity contribution in [3.05, 3.63) is 34.9 Å². The fourth-order valence-electron chi connectivity index (χ4n) is 1.66. The molecule has 0 spiro atoms. The molecule has 0 bridgehead atoms. The summed E-state index contributed by atoms with van der Waals surface area (Å²) < 4.78 is 5.00. The van der Waals surface area contributed by atoms with Gasteiger partial charge in [0, 0.05) is 5.56 Å². The van der Waals surface area contributed by atoms with Crippen LogP contribution in [0.5, 0.6) is 5.75 Å². The molecular weight excluding hydrogens is 224 g/mol. The Kier molecular flexibility index (Phi) is 7.77. The van der Waals surface area contributed by atoms with Gasteiger partial charge >= 0.3 is 0 Å². The molecule has 0 radical (unpaired) electrons. The predicted octanol–water partition coefficient (Wildman–Crippen LogP) is 4.79. The van der Waals surface area contributed by atoms with Crippen LogP contribution in [0, 0.1) is 0 Å². The molecule has 0 saturated carbocycles. The fourth-order valence-corrected chi connectivity index (χ4v) is 1.66. The number of benzene rings is 1. The molecule has 0 aromatic heterocycles. The summed E-state index contributed by atoms with van der Waals surface area (Å²) in [5, 5.41) is 0. The van der Waals surface area contributed by atoms with E-state index in [2.05, 4.69) is 19.9 Å². The lowest BCUT2D eigenvalue weighted by atomic mass is 9.95. The molecule has 1 rings (SSSR count). The molecule has 0 amide bonds. The second kappa shape index (κ2) is 8.51. The number of hydrogen-bond donors (Lipinski definition) is 0. The predicted molar refractivity (Wildman–Crippen MR) is 77.9 cm³/mol. The number of ether oxygens (including phenoxy) is 1. The van der Waals surface area contributed by atoms with Gasteiger partial charge in [0.2, 0.25) is 0 Å². The molecule has 2 nitrogen and oxygen atoms in total. The highest BCUT2D eigenvalue weighted by Crippen LogP contribution is 2.29. The van der Waals surface area contributed by atoms with Crippen LogP contribution in [0.25, 0.3) is 6.08 Å². The zero-order valence-electron chi connectivity index (χ0n) is 12.3. The Labute approximate surface area is 111 Å². The number of rotatable bonds is 4. The van der Waals surface area contributed by atoms with Gasteiger partial charge in [-0.05, 0) is 31.4 Å². The lowest BCUT2D eigenvalue weighted by Gasteiger charge is -2.13. The number of allylic oxidation sites excluding steroid dienone is 1. The summed E-state index contributed by atoms with van der Waals surface area (Å²) in [4.78, 5) is 10.5. The molecule has 0 heterocycles. The maximum absolute atomic E-state index is 10.5. The summed E-state index contributed by atoms with van der Waals surface area (Å²) in [6, 6.07) is 5.79. The van der Waals surface area contributed by atoms with Crippen LogP contribution < -0.4 is 4.74 Å². The van der Waals surface area contributed by atoms with E-state index in [0.717, 1.165) is 5.56 Å². The van der Waals surface area contributed by atoms with Crippen molar-refractivity contribution < 1.29 is 9.53 Å². The minimum Gasteiger partial charge on any atom is -0.428 e. The van der Waals surface area contributed by atoms with E-state index in [-0.39, 0.29) is 0 Å². The Morgan fingerprint density at radius 2 is 1.83 bits per heavy atom.